The summed E-state index contributed by atoms with van der Waals surface area (Å²) >= 11 is 5.96. The van der Waals surface area contributed by atoms with Crippen LogP contribution in [0.25, 0.3) is 11.4 Å². The van der Waals surface area contributed by atoms with E-state index in [1.54, 1.807) is 13.0 Å². The van der Waals surface area contributed by atoms with Crippen molar-refractivity contribution in [2.24, 2.45) is 0 Å². The summed E-state index contributed by atoms with van der Waals surface area (Å²) in [5.41, 5.74) is 1.76. The van der Waals surface area contributed by atoms with Gasteiger partial charge in [-0.3, -0.25) is 5.10 Å². The van der Waals surface area contributed by atoms with Crippen molar-refractivity contribution < 1.29 is 9.53 Å². The molecule has 18 heavy (non-hydrogen) atoms. The number of aromatic amines is 1. The Hall–Kier alpha value is -1.88. The first kappa shape index (κ1) is 12.6. The zero-order valence-electron chi connectivity index (χ0n) is 10.0. The van der Waals surface area contributed by atoms with Gasteiger partial charge in [0.05, 0.1) is 6.61 Å². The van der Waals surface area contributed by atoms with Crippen LogP contribution in [0, 0.1) is 6.92 Å². The molecule has 1 heterocycles. The van der Waals surface area contributed by atoms with Crippen LogP contribution in [0.4, 0.5) is 0 Å². The molecule has 0 aliphatic rings. The van der Waals surface area contributed by atoms with Crippen molar-refractivity contribution in [1.29, 1.82) is 0 Å². The van der Waals surface area contributed by atoms with Crippen molar-refractivity contribution in [3.05, 3.63) is 34.6 Å². The molecule has 94 valence electrons. The number of benzene rings is 1. The van der Waals surface area contributed by atoms with Crippen molar-refractivity contribution in [3.8, 4) is 11.4 Å². The molecule has 0 fully saturated rings. The maximum Gasteiger partial charge on any atom is 0.375 e. The van der Waals surface area contributed by atoms with Crippen LogP contribution in [0.2, 0.25) is 5.02 Å². The molecule has 0 unspecified atom stereocenters. The monoisotopic (exact) mass is 265 g/mol. The molecule has 6 heteroatoms. The number of esters is 1. The lowest BCUT2D eigenvalue weighted by molar-refractivity contribution is 0.0512. The maximum atomic E-state index is 11.4. The van der Waals surface area contributed by atoms with Gasteiger partial charge in [-0.2, -0.15) is 5.10 Å². The van der Waals surface area contributed by atoms with Gasteiger partial charge in [0.2, 0.25) is 5.82 Å². The lowest BCUT2D eigenvalue weighted by atomic mass is 10.1. The normalized spacial score (nSPS) is 10.4. The summed E-state index contributed by atoms with van der Waals surface area (Å²) in [5, 5.41) is 7.13. The van der Waals surface area contributed by atoms with Crippen LogP contribution in [0.15, 0.2) is 18.2 Å². The Balaban J connectivity index is 2.32. The highest BCUT2D eigenvalue weighted by Gasteiger charge is 2.14. The van der Waals surface area contributed by atoms with E-state index in [2.05, 4.69) is 15.2 Å². The molecule has 0 bridgehead atoms. The molecule has 0 saturated heterocycles. The van der Waals surface area contributed by atoms with Gasteiger partial charge in [0, 0.05) is 10.6 Å². The second-order valence-electron chi connectivity index (χ2n) is 3.75. The summed E-state index contributed by atoms with van der Waals surface area (Å²) in [6.45, 7) is 3.95. The molecule has 0 aliphatic heterocycles. The molecular weight excluding hydrogens is 254 g/mol. The van der Waals surface area contributed by atoms with Gasteiger partial charge in [0.15, 0.2) is 5.82 Å². The number of carbonyl (C=O) groups is 1. The summed E-state index contributed by atoms with van der Waals surface area (Å²) in [6.07, 6.45) is 0. The number of carbonyl (C=O) groups excluding carboxylic acids is 1. The zero-order valence-corrected chi connectivity index (χ0v) is 10.8. The second-order valence-corrected chi connectivity index (χ2v) is 4.18. The maximum absolute atomic E-state index is 11.4. The molecule has 2 rings (SSSR count). The van der Waals surface area contributed by atoms with Gasteiger partial charge >= 0.3 is 5.97 Å². The first-order valence-electron chi connectivity index (χ1n) is 5.47. The predicted octanol–water partition coefficient (Wildman–Crippen LogP) is 2.61. The van der Waals surface area contributed by atoms with Crippen LogP contribution in [-0.4, -0.2) is 27.8 Å². The summed E-state index contributed by atoms with van der Waals surface area (Å²) in [7, 11) is 0. The van der Waals surface area contributed by atoms with Gasteiger partial charge < -0.3 is 4.74 Å². The Kier molecular flexibility index (Phi) is 3.62. The largest absolute Gasteiger partial charge is 0.460 e. The minimum atomic E-state index is -0.519. The number of ether oxygens (including phenoxy) is 1. The Bertz CT molecular complexity index is 560. The molecule has 0 spiro atoms. The van der Waals surface area contributed by atoms with Crippen LogP contribution in [0.5, 0.6) is 0 Å². The van der Waals surface area contributed by atoms with Gasteiger partial charge in [-0.05, 0) is 37.6 Å². The molecule has 1 aromatic carbocycles. The summed E-state index contributed by atoms with van der Waals surface area (Å²) in [4.78, 5) is 15.5. The summed E-state index contributed by atoms with van der Waals surface area (Å²) < 4.78 is 4.83. The number of hydrogen-bond acceptors (Lipinski definition) is 4. The van der Waals surface area contributed by atoms with E-state index in [1.165, 1.54) is 0 Å². The minimum Gasteiger partial charge on any atom is -0.460 e. The molecule has 0 aliphatic carbocycles. The number of hydrogen-bond donors (Lipinski definition) is 1. The predicted molar refractivity (Wildman–Crippen MR) is 67.5 cm³/mol. The first-order chi connectivity index (χ1) is 8.60. The molecule has 2 aromatic rings. The third-order valence-electron chi connectivity index (χ3n) is 2.25. The minimum absolute atomic E-state index is 0.0875. The van der Waals surface area contributed by atoms with E-state index in [0.29, 0.717) is 17.5 Å². The average molecular weight is 266 g/mol. The fraction of sp³-hybridized carbons (Fsp3) is 0.250. The fourth-order valence-electron chi connectivity index (χ4n) is 1.55. The molecule has 5 nitrogen and oxygen atoms in total. The van der Waals surface area contributed by atoms with E-state index in [1.807, 2.05) is 19.1 Å². The van der Waals surface area contributed by atoms with E-state index in [0.717, 1.165) is 11.1 Å². The van der Waals surface area contributed by atoms with E-state index in [-0.39, 0.29) is 5.82 Å². The number of H-pyrrole nitrogens is 1. The number of aromatic nitrogens is 3. The highest BCUT2D eigenvalue weighted by Crippen LogP contribution is 2.21. The molecule has 1 aromatic heterocycles. The highest BCUT2D eigenvalue weighted by molar-refractivity contribution is 6.30. The second kappa shape index (κ2) is 5.18. The Morgan fingerprint density at radius 3 is 2.89 bits per heavy atom. The van der Waals surface area contributed by atoms with Gasteiger partial charge in [-0.15, -0.1) is 0 Å². The highest BCUT2D eigenvalue weighted by atomic mass is 35.5. The Labute approximate surface area is 109 Å². The molecule has 1 N–H and O–H groups in total. The van der Waals surface area contributed by atoms with E-state index in [4.69, 9.17) is 16.3 Å². The summed E-state index contributed by atoms with van der Waals surface area (Å²) in [6, 6.07) is 5.47. The third-order valence-corrected chi connectivity index (χ3v) is 2.47. The van der Waals surface area contributed by atoms with Crippen LogP contribution in [0.1, 0.15) is 23.1 Å². The Morgan fingerprint density at radius 2 is 2.22 bits per heavy atom. The smallest absolute Gasteiger partial charge is 0.375 e. The fourth-order valence-corrected chi connectivity index (χ4v) is 1.84. The standard InChI is InChI=1S/C12H12ClN3O2/c1-3-18-12(17)11-14-10(15-16-11)8-4-7(2)5-9(13)6-8/h4-6H,3H2,1-2H3,(H,14,15,16). The number of nitrogens with one attached hydrogen (secondary N) is 1. The van der Waals surface area contributed by atoms with Crippen molar-refractivity contribution in [3.63, 3.8) is 0 Å². The van der Waals surface area contributed by atoms with Crippen molar-refractivity contribution in [2.45, 2.75) is 13.8 Å². The lowest BCUT2D eigenvalue weighted by Crippen LogP contribution is -2.06. The van der Waals surface area contributed by atoms with Crippen LogP contribution < -0.4 is 0 Å². The van der Waals surface area contributed by atoms with Gasteiger partial charge in [0.1, 0.15) is 0 Å². The number of nitrogens with zero attached hydrogens (tertiary/aromatic N) is 2. The van der Waals surface area contributed by atoms with Gasteiger partial charge in [-0.25, -0.2) is 9.78 Å². The quantitative estimate of drug-likeness (QED) is 0.866. The van der Waals surface area contributed by atoms with Crippen molar-refractivity contribution >= 4 is 17.6 Å². The topological polar surface area (TPSA) is 67.9 Å². The zero-order chi connectivity index (χ0) is 13.1. The van der Waals surface area contributed by atoms with Crippen LogP contribution in [-0.2, 0) is 4.74 Å². The van der Waals surface area contributed by atoms with Crippen LogP contribution >= 0.6 is 11.6 Å². The number of rotatable bonds is 3. The van der Waals surface area contributed by atoms with Crippen molar-refractivity contribution in [1.82, 2.24) is 15.2 Å². The number of aryl methyl sites for hydroxylation is 1. The van der Waals surface area contributed by atoms with E-state index in [9.17, 15) is 4.79 Å². The van der Waals surface area contributed by atoms with E-state index < -0.39 is 5.97 Å². The molecule has 0 amide bonds. The van der Waals surface area contributed by atoms with Gasteiger partial charge in [-0.1, -0.05) is 11.6 Å². The van der Waals surface area contributed by atoms with E-state index >= 15 is 0 Å². The molecule has 0 atom stereocenters. The lowest BCUT2D eigenvalue weighted by Gasteiger charge is -1.99. The number of halogens is 1. The molecular formula is C12H12ClN3O2. The van der Waals surface area contributed by atoms with Crippen LogP contribution in [0.3, 0.4) is 0 Å². The summed E-state index contributed by atoms with van der Waals surface area (Å²) in [5.74, 6) is -0.0110. The molecule has 0 saturated carbocycles. The third kappa shape index (κ3) is 2.68. The van der Waals surface area contributed by atoms with Gasteiger partial charge in [0.25, 0.3) is 0 Å². The first-order valence-corrected chi connectivity index (χ1v) is 5.85. The SMILES string of the molecule is CCOC(=O)c1nc(-c2cc(C)cc(Cl)c2)n[nH]1. The van der Waals surface area contributed by atoms with Crippen molar-refractivity contribution in [2.75, 3.05) is 6.61 Å². The molecule has 0 radical (unpaired) electrons. The Morgan fingerprint density at radius 1 is 1.44 bits per heavy atom. The average Bonchev–Trinajstić information content (AvgIpc) is 2.77.